The molecule has 0 amide bonds. The number of nitrogens with one attached hydrogen (secondary N) is 1. The van der Waals surface area contributed by atoms with E-state index in [4.69, 9.17) is 14.2 Å². The van der Waals surface area contributed by atoms with Crippen LogP contribution in [-0.2, 0) is 16.4 Å². The van der Waals surface area contributed by atoms with Crippen molar-refractivity contribution in [2.24, 2.45) is 0 Å². The Kier molecular flexibility index (Phi) is 6.14. The minimum absolute atomic E-state index is 0.195. The molecule has 0 aliphatic rings. The van der Waals surface area contributed by atoms with E-state index in [0.29, 0.717) is 22.9 Å². The summed E-state index contributed by atoms with van der Waals surface area (Å²) in [5.74, 6) is 1.15. The smallest absolute Gasteiger partial charge is 0.261 e. The number of rotatable bonds is 8. The van der Waals surface area contributed by atoms with Crippen LogP contribution in [0.1, 0.15) is 18.9 Å². The number of aryl methyl sites for hydroxylation is 1. The third kappa shape index (κ3) is 4.36. The summed E-state index contributed by atoms with van der Waals surface area (Å²) in [5.41, 5.74) is 1.43. The lowest BCUT2D eigenvalue weighted by Gasteiger charge is -2.15. The third-order valence-electron chi connectivity index (χ3n) is 3.69. The molecule has 136 valence electrons. The minimum atomic E-state index is -3.72. The van der Waals surface area contributed by atoms with E-state index in [2.05, 4.69) is 11.6 Å². The molecule has 2 rings (SSSR count). The van der Waals surface area contributed by atoms with Crippen molar-refractivity contribution >= 4 is 15.7 Å². The molecule has 0 bridgehead atoms. The molecule has 0 aromatic heterocycles. The van der Waals surface area contributed by atoms with Gasteiger partial charge in [0.25, 0.3) is 10.0 Å². The molecule has 0 spiro atoms. The molecular weight excluding hydrogens is 342 g/mol. The van der Waals surface area contributed by atoms with Crippen molar-refractivity contribution < 1.29 is 22.6 Å². The molecule has 2 aromatic carbocycles. The van der Waals surface area contributed by atoms with Crippen molar-refractivity contribution in [1.82, 2.24) is 0 Å². The van der Waals surface area contributed by atoms with Crippen LogP contribution in [0.15, 0.2) is 41.3 Å². The Hall–Kier alpha value is -2.41. The molecule has 0 radical (unpaired) electrons. The first-order valence-corrected chi connectivity index (χ1v) is 9.35. The maximum Gasteiger partial charge on any atom is 0.261 e. The summed E-state index contributed by atoms with van der Waals surface area (Å²) in [6.45, 7) is 2.08. The van der Waals surface area contributed by atoms with Crippen LogP contribution < -0.4 is 18.9 Å². The average molecular weight is 365 g/mol. The molecular formula is C18H23NO5S. The summed E-state index contributed by atoms with van der Waals surface area (Å²) in [6, 6.07) is 9.95. The lowest BCUT2D eigenvalue weighted by Crippen LogP contribution is -2.13. The van der Waals surface area contributed by atoms with Crippen molar-refractivity contribution in [2.75, 3.05) is 26.1 Å². The van der Waals surface area contributed by atoms with Crippen LogP contribution in [0.3, 0.4) is 0 Å². The number of ether oxygens (including phenoxy) is 3. The molecule has 0 saturated carbocycles. The number of sulfonamides is 1. The zero-order valence-corrected chi connectivity index (χ0v) is 15.6. The second-order valence-corrected chi connectivity index (χ2v) is 7.10. The molecule has 2 aromatic rings. The fraction of sp³-hybridized carbons (Fsp3) is 0.333. The highest BCUT2D eigenvalue weighted by Crippen LogP contribution is 2.40. The van der Waals surface area contributed by atoms with Crippen molar-refractivity contribution in [3.63, 3.8) is 0 Å². The summed E-state index contributed by atoms with van der Waals surface area (Å²) in [5, 5.41) is 0. The molecule has 6 nitrogen and oxygen atoms in total. The quantitative estimate of drug-likeness (QED) is 0.775. The Morgan fingerprint density at radius 3 is 1.92 bits per heavy atom. The van der Waals surface area contributed by atoms with Crippen LogP contribution in [0, 0.1) is 0 Å². The van der Waals surface area contributed by atoms with Gasteiger partial charge in [0.2, 0.25) is 5.75 Å². The zero-order chi connectivity index (χ0) is 18.4. The lowest BCUT2D eigenvalue weighted by atomic mass is 10.1. The molecule has 0 saturated heterocycles. The topological polar surface area (TPSA) is 73.9 Å². The Morgan fingerprint density at radius 2 is 1.48 bits per heavy atom. The number of methoxy groups -OCH3 is 3. The zero-order valence-electron chi connectivity index (χ0n) is 14.8. The number of hydrogen-bond donors (Lipinski definition) is 1. The predicted octanol–water partition coefficient (Wildman–Crippen LogP) is 3.47. The van der Waals surface area contributed by atoms with Gasteiger partial charge in [-0.25, -0.2) is 8.42 Å². The Bertz CT molecular complexity index is 791. The van der Waals surface area contributed by atoms with E-state index in [1.807, 2.05) is 12.1 Å². The predicted molar refractivity (Wildman–Crippen MR) is 97.3 cm³/mol. The van der Waals surface area contributed by atoms with Gasteiger partial charge in [0.15, 0.2) is 11.5 Å². The number of anilines is 1. The fourth-order valence-electron chi connectivity index (χ4n) is 2.48. The minimum Gasteiger partial charge on any atom is -0.493 e. The second-order valence-electron chi connectivity index (χ2n) is 5.41. The van der Waals surface area contributed by atoms with Gasteiger partial charge in [-0.1, -0.05) is 25.5 Å². The maximum atomic E-state index is 12.6. The fourth-order valence-corrected chi connectivity index (χ4v) is 3.52. The highest BCUT2D eigenvalue weighted by atomic mass is 32.2. The summed E-state index contributed by atoms with van der Waals surface area (Å²) in [6.07, 6.45) is 1.93. The van der Waals surface area contributed by atoms with E-state index in [-0.39, 0.29) is 4.90 Å². The standard InChI is InChI=1S/C18H23NO5S/c1-5-6-13-7-9-15(10-8-13)25(20,21)19-14-11-16(22-2)18(24-4)17(12-14)23-3/h7-12,19H,5-6H2,1-4H3. The molecule has 0 unspecified atom stereocenters. The summed E-state index contributed by atoms with van der Waals surface area (Å²) >= 11 is 0. The summed E-state index contributed by atoms with van der Waals surface area (Å²) < 4.78 is 43.5. The monoisotopic (exact) mass is 365 g/mol. The van der Waals surface area contributed by atoms with Gasteiger partial charge in [-0.2, -0.15) is 0 Å². The Labute approximate surface area is 148 Å². The van der Waals surface area contributed by atoms with Crippen LogP contribution in [0.5, 0.6) is 17.2 Å². The third-order valence-corrected chi connectivity index (χ3v) is 5.09. The van der Waals surface area contributed by atoms with Crippen molar-refractivity contribution in [2.45, 2.75) is 24.7 Å². The first kappa shape index (κ1) is 18.9. The van der Waals surface area contributed by atoms with Gasteiger partial charge in [0.05, 0.1) is 31.9 Å². The molecule has 0 heterocycles. The Morgan fingerprint density at radius 1 is 0.920 bits per heavy atom. The van der Waals surface area contributed by atoms with Crippen molar-refractivity contribution in [3.8, 4) is 17.2 Å². The Balaban J connectivity index is 2.33. The first-order valence-electron chi connectivity index (χ1n) is 7.87. The van der Waals surface area contributed by atoms with Crippen LogP contribution in [-0.4, -0.2) is 29.7 Å². The summed E-state index contributed by atoms with van der Waals surface area (Å²) in [7, 11) is 0.720. The van der Waals surface area contributed by atoms with E-state index >= 15 is 0 Å². The van der Waals surface area contributed by atoms with E-state index in [1.165, 1.54) is 21.3 Å². The normalized spacial score (nSPS) is 11.0. The number of hydrogen-bond acceptors (Lipinski definition) is 5. The highest BCUT2D eigenvalue weighted by Gasteiger charge is 2.18. The van der Waals surface area contributed by atoms with Gasteiger partial charge in [-0.05, 0) is 24.1 Å². The SMILES string of the molecule is CCCc1ccc(S(=O)(=O)Nc2cc(OC)c(OC)c(OC)c2)cc1. The summed E-state index contributed by atoms with van der Waals surface area (Å²) in [4.78, 5) is 0.195. The van der Waals surface area contributed by atoms with E-state index in [1.54, 1.807) is 24.3 Å². The van der Waals surface area contributed by atoms with Gasteiger partial charge in [0, 0.05) is 12.1 Å². The molecule has 0 aliphatic heterocycles. The number of benzene rings is 2. The van der Waals surface area contributed by atoms with E-state index in [9.17, 15) is 8.42 Å². The average Bonchev–Trinajstić information content (AvgIpc) is 2.61. The van der Waals surface area contributed by atoms with Crippen LogP contribution in [0.4, 0.5) is 5.69 Å². The van der Waals surface area contributed by atoms with E-state index < -0.39 is 10.0 Å². The molecule has 7 heteroatoms. The van der Waals surface area contributed by atoms with Gasteiger partial charge < -0.3 is 14.2 Å². The van der Waals surface area contributed by atoms with Crippen molar-refractivity contribution in [1.29, 1.82) is 0 Å². The lowest BCUT2D eigenvalue weighted by molar-refractivity contribution is 0.325. The van der Waals surface area contributed by atoms with Crippen LogP contribution in [0.2, 0.25) is 0 Å². The van der Waals surface area contributed by atoms with Crippen LogP contribution >= 0.6 is 0 Å². The van der Waals surface area contributed by atoms with Gasteiger partial charge in [-0.15, -0.1) is 0 Å². The molecule has 25 heavy (non-hydrogen) atoms. The molecule has 0 fully saturated rings. The largest absolute Gasteiger partial charge is 0.493 e. The highest BCUT2D eigenvalue weighted by molar-refractivity contribution is 7.92. The first-order chi connectivity index (χ1) is 11.9. The molecule has 0 aliphatic carbocycles. The van der Waals surface area contributed by atoms with Crippen LogP contribution in [0.25, 0.3) is 0 Å². The van der Waals surface area contributed by atoms with Gasteiger partial charge in [0.1, 0.15) is 0 Å². The molecule has 0 atom stereocenters. The van der Waals surface area contributed by atoms with E-state index in [0.717, 1.165) is 18.4 Å². The van der Waals surface area contributed by atoms with Gasteiger partial charge >= 0.3 is 0 Å². The maximum absolute atomic E-state index is 12.6. The van der Waals surface area contributed by atoms with Crippen molar-refractivity contribution in [3.05, 3.63) is 42.0 Å². The molecule has 1 N–H and O–H groups in total. The second kappa shape index (κ2) is 8.11. The van der Waals surface area contributed by atoms with Gasteiger partial charge in [-0.3, -0.25) is 4.72 Å².